The first-order valence-corrected chi connectivity index (χ1v) is 8.92. The van der Waals surface area contributed by atoms with Gasteiger partial charge in [0.15, 0.2) is 0 Å². The van der Waals surface area contributed by atoms with Gasteiger partial charge in [-0.15, -0.1) is 0 Å². The van der Waals surface area contributed by atoms with Gasteiger partial charge in [0, 0.05) is 42.3 Å². The standard InChI is InChI=1S/C20H24N4O/c1-12(2)14-4-5-16-15(9-21-18(16)8-14)10-24-7-6-17-19(11-24)22-13(3)23-20(17)25/h4-5,8-9,12,21H,6-7,10-11H2,1-3H3,(H,22,23,25). The minimum atomic E-state index is 0.0236. The molecular weight excluding hydrogens is 312 g/mol. The van der Waals surface area contributed by atoms with Crippen LogP contribution in [-0.2, 0) is 19.5 Å². The Bertz CT molecular complexity index is 983. The maximum absolute atomic E-state index is 12.1. The topological polar surface area (TPSA) is 64.8 Å². The van der Waals surface area contributed by atoms with Crippen molar-refractivity contribution in [2.45, 2.75) is 46.2 Å². The lowest BCUT2D eigenvalue weighted by atomic mass is 10.0. The number of nitrogens with one attached hydrogen (secondary N) is 2. The molecule has 0 aliphatic carbocycles. The molecule has 0 unspecified atom stereocenters. The average molecular weight is 336 g/mol. The number of H-pyrrole nitrogens is 2. The first kappa shape index (κ1) is 16.1. The van der Waals surface area contributed by atoms with Crippen LogP contribution in [0.3, 0.4) is 0 Å². The van der Waals surface area contributed by atoms with Gasteiger partial charge in [0.25, 0.3) is 5.56 Å². The highest BCUT2D eigenvalue weighted by molar-refractivity contribution is 5.83. The summed E-state index contributed by atoms with van der Waals surface area (Å²) in [7, 11) is 0. The highest BCUT2D eigenvalue weighted by Crippen LogP contribution is 2.25. The van der Waals surface area contributed by atoms with Gasteiger partial charge in [-0.2, -0.15) is 0 Å². The van der Waals surface area contributed by atoms with Crippen LogP contribution in [-0.4, -0.2) is 26.4 Å². The van der Waals surface area contributed by atoms with Crippen LogP contribution >= 0.6 is 0 Å². The lowest BCUT2D eigenvalue weighted by molar-refractivity contribution is 0.241. The van der Waals surface area contributed by atoms with Crippen molar-refractivity contribution in [2.75, 3.05) is 6.54 Å². The van der Waals surface area contributed by atoms with E-state index in [1.807, 2.05) is 6.92 Å². The molecule has 4 rings (SSSR count). The molecule has 1 aliphatic rings. The van der Waals surface area contributed by atoms with Crippen molar-refractivity contribution in [3.63, 3.8) is 0 Å². The molecular formula is C20H24N4O. The Hall–Kier alpha value is -2.40. The Labute approximate surface area is 147 Å². The SMILES string of the molecule is Cc1nc2c(c(=O)[nH]1)CCN(Cc1c[nH]c3cc(C(C)C)ccc13)C2. The smallest absolute Gasteiger partial charge is 0.254 e. The van der Waals surface area contributed by atoms with Crippen molar-refractivity contribution in [3.8, 4) is 0 Å². The Morgan fingerprint density at radius 3 is 2.96 bits per heavy atom. The van der Waals surface area contributed by atoms with Gasteiger partial charge >= 0.3 is 0 Å². The second kappa shape index (κ2) is 6.15. The lowest BCUT2D eigenvalue weighted by Gasteiger charge is -2.27. The zero-order valence-electron chi connectivity index (χ0n) is 15.0. The maximum Gasteiger partial charge on any atom is 0.254 e. The largest absolute Gasteiger partial charge is 0.361 e. The van der Waals surface area contributed by atoms with E-state index >= 15 is 0 Å². The van der Waals surface area contributed by atoms with Crippen molar-refractivity contribution in [2.24, 2.45) is 0 Å². The molecule has 0 bridgehead atoms. The van der Waals surface area contributed by atoms with Crippen molar-refractivity contribution in [1.82, 2.24) is 19.9 Å². The predicted octanol–water partition coefficient (Wildman–Crippen LogP) is 3.24. The number of hydrogen-bond donors (Lipinski definition) is 2. The third-order valence-electron chi connectivity index (χ3n) is 5.12. The zero-order valence-corrected chi connectivity index (χ0v) is 15.0. The zero-order chi connectivity index (χ0) is 17.6. The summed E-state index contributed by atoms with van der Waals surface area (Å²) in [5, 5.41) is 1.28. The van der Waals surface area contributed by atoms with E-state index in [1.165, 1.54) is 22.0 Å². The van der Waals surface area contributed by atoms with Crippen LogP contribution in [0.25, 0.3) is 10.9 Å². The Kier molecular flexibility index (Phi) is 3.96. The number of aromatic nitrogens is 3. The summed E-state index contributed by atoms with van der Waals surface area (Å²) >= 11 is 0. The third-order valence-corrected chi connectivity index (χ3v) is 5.12. The lowest BCUT2D eigenvalue weighted by Crippen LogP contribution is -2.35. The molecule has 0 amide bonds. The summed E-state index contributed by atoms with van der Waals surface area (Å²) in [6, 6.07) is 6.70. The predicted molar refractivity (Wildman–Crippen MR) is 99.8 cm³/mol. The highest BCUT2D eigenvalue weighted by Gasteiger charge is 2.21. The van der Waals surface area contributed by atoms with E-state index in [2.05, 4.69) is 58.1 Å². The normalized spacial score (nSPS) is 15.0. The Morgan fingerprint density at radius 2 is 2.16 bits per heavy atom. The second-order valence-corrected chi connectivity index (χ2v) is 7.31. The van der Waals surface area contributed by atoms with E-state index in [9.17, 15) is 4.79 Å². The van der Waals surface area contributed by atoms with E-state index in [4.69, 9.17) is 0 Å². The number of aromatic amines is 2. The number of rotatable bonds is 3. The molecule has 0 spiro atoms. The quantitative estimate of drug-likeness (QED) is 0.772. The third kappa shape index (κ3) is 3.00. The van der Waals surface area contributed by atoms with Crippen LogP contribution in [0, 0.1) is 6.92 Å². The van der Waals surface area contributed by atoms with Crippen LogP contribution in [0.2, 0.25) is 0 Å². The minimum Gasteiger partial charge on any atom is -0.361 e. The summed E-state index contributed by atoms with van der Waals surface area (Å²) in [6.45, 7) is 8.76. The molecule has 2 aromatic heterocycles. The Balaban J connectivity index is 1.59. The van der Waals surface area contributed by atoms with E-state index < -0.39 is 0 Å². The van der Waals surface area contributed by atoms with Crippen LogP contribution in [0.4, 0.5) is 0 Å². The van der Waals surface area contributed by atoms with Crippen LogP contribution in [0.15, 0.2) is 29.2 Å². The summed E-state index contributed by atoms with van der Waals surface area (Å²) in [5.74, 6) is 1.22. The summed E-state index contributed by atoms with van der Waals surface area (Å²) < 4.78 is 0. The number of fused-ring (bicyclic) bond motifs is 2. The number of benzene rings is 1. The molecule has 0 fully saturated rings. The highest BCUT2D eigenvalue weighted by atomic mass is 16.1. The molecule has 130 valence electrons. The van der Waals surface area contributed by atoms with Gasteiger partial charge in [-0.05, 0) is 36.5 Å². The number of aryl methyl sites for hydroxylation is 1. The summed E-state index contributed by atoms with van der Waals surface area (Å²) in [4.78, 5) is 25.2. The fourth-order valence-corrected chi connectivity index (χ4v) is 3.69. The van der Waals surface area contributed by atoms with Crippen LogP contribution in [0.5, 0.6) is 0 Å². The number of nitrogens with zero attached hydrogens (tertiary/aromatic N) is 2. The Morgan fingerprint density at radius 1 is 1.32 bits per heavy atom. The van der Waals surface area contributed by atoms with Gasteiger partial charge in [0.05, 0.1) is 5.69 Å². The van der Waals surface area contributed by atoms with Crippen LogP contribution < -0.4 is 5.56 Å². The molecule has 5 nitrogen and oxygen atoms in total. The van der Waals surface area contributed by atoms with E-state index in [1.54, 1.807) is 0 Å². The molecule has 2 N–H and O–H groups in total. The molecule has 1 aliphatic heterocycles. The molecule has 0 radical (unpaired) electrons. The summed E-state index contributed by atoms with van der Waals surface area (Å²) in [6.07, 6.45) is 2.87. The molecule has 0 atom stereocenters. The summed E-state index contributed by atoms with van der Waals surface area (Å²) in [5.41, 5.74) is 5.65. The van der Waals surface area contributed by atoms with Gasteiger partial charge in [0.1, 0.15) is 5.82 Å². The van der Waals surface area contributed by atoms with Gasteiger partial charge in [-0.3, -0.25) is 9.69 Å². The van der Waals surface area contributed by atoms with Gasteiger partial charge in [-0.25, -0.2) is 4.98 Å². The van der Waals surface area contributed by atoms with E-state index in [0.717, 1.165) is 37.3 Å². The number of hydrogen-bond acceptors (Lipinski definition) is 3. The fraction of sp³-hybridized carbons (Fsp3) is 0.400. The maximum atomic E-state index is 12.1. The molecule has 5 heteroatoms. The molecule has 3 heterocycles. The first-order valence-electron chi connectivity index (χ1n) is 8.92. The first-order chi connectivity index (χ1) is 12.0. The monoisotopic (exact) mass is 336 g/mol. The minimum absolute atomic E-state index is 0.0236. The fourth-order valence-electron chi connectivity index (χ4n) is 3.69. The van der Waals surface area contributed by atoms with Crippen molar-refractivity contribution in [1.29, 1.82) is 0 Å². The molecule has 0 saturated heterocycles. The molecule has 1 aromatic carbocycles. The van der Waals surface area contributed by atoms with Crippen molar-refractivity contribution < 1.29 is 0 Å². The van der Waals surface area contributed by atoms with Crippen molar-refractivity contribution in [3.05, 3.63) is 63.0 Å². The van der Waals surface area contributed by atoms with Gasteiger partial charge in [-0.1, -0.05) is 26.0 Å². The average Bonchev–Trinajstić information content (AvgIpc) is 2.96. The van der Waals surface area contributed by atoms with Crippen molar-refractivity contribution >= 4 is 10.9 Å². The molecule has 0 saturated carbocycles. The van der Waals surface area contributed by atoms with Gasteiger partial charge in [0.2, 0.25) is 0 Å². The van der Waals surface area contributed by atoms with Crippen LogP contribution in [0.1, 0.15) is 48.0 Å². The molecule has 25 heavy (non-hydrogen) atoms. The van der Waals surface area contributed by atoms with E-state index in [0.29, 0.717) is 11.7 Å². The second-order valence-electron chi connectivity index (χ2n) is 7.31. The van der Waals surface area contributed by atoms with Gasteiger partial charge < -0.3 is 9.97 Å². The van der Waals surface area contributed by atoms with E-state index in [-0.39, 0.29) is 5.56 Å². The molecule has 3 aromatic rings.